The molecule has 2 atom stereocenters. The van der Waals surface area contributed by atoms with E-state index in [1.54, 1.807) is 19.1 Å². The van der Waals surface area contributed by atoms with E-state index >= 15 is 0 Å². The van der Waals surface area contributed by atoms with Crippen LogP contribution < -0.4 is 16.0 Å². The minimum absolute atomic E-state index is 0.129. The smallest absolute Gasteiger partial charge is 0.256 e. The van der Waals surface area contributed by atoms with Gasteiger partial charge in [-0.3, -0.25) is 19.3 Å². The van der Waals surface area contributed by atoms with Gasteiger partial charge in [0.25, 0.3) is 5.91 Å². The average Bonchev–Trinajstić information content (AvgIpc) is 3.39. The maximum Gasteiger partial charge on any atom is 0.256 e. The fourth-order valence-electron chi connectivity index (χ4n) is 5.81. The normalized spacial score (nSPS) is 18.5. The van der Waals surface area contributed by atoms with Crippen LogP contribution in [0, 0.1) is 19.7 Å². The SMILES string of the molecule is CC(=O)CCCCC[C@@H](NC(=O)C1CCCCN1C)C(=O)NCc1c(C)[nH]c(/C=C2\C(=O)Nc3ccc(F)cc32)c1C. The summed E-state index contributed by atoms with van der Waals surface area (Å²) < 4.78 is 13.9. The van der Waals surface area contributed by atoms with Crippen LogP contribution in [0.25, 0.3) is 11.6 Å². The number of Topliss-reactive ketones (excluding diaryl/α,β-unsaturated/α-hetero) is 1. The second kappa shape index (κ2) is 13.9. The molecule has 4 N–H and O–H groups in total. The molecule has 2 aromatic rings. The highest BCUT2D eigenvalue weighted by atomic mass is 19.1. The molecule has 0 saturated carbocycles. The lowest BCUT2D eigenvalue weighted by Gasteiger charge is -2.32. The number of hydrogen-bond acceptors (Lipinski definition) is 5. The van der Waals surface area contributed by atoms with Gasteiger partial charge in [-0.1, -0.05) is 19.3 Å². The molecule has 2 aliphatic rings. The number of aromatic amines is 1. The Kier molecular flexibility index (Phi) is 10.3. The molecule has 42 heavy (non-hydrogen) atoms. The molecular weight excluding hydrogens is 537 g/mol. The minimum Gasteiger partial charge on any atom is -0.359 e. The number of rotatable bonds is 12. The van der Waals surface area contributed by atoms with E-state index in [0.717, 1.165) is 61.9 Å². The molecule has 4 rings (SSSR count). The second-order valence-corrected chi connectivity index (χ2v) is 11.5. The fourth-order valence-corrected chi connectivity index (χ4v) is 5.81. The number of ketones is 1. The monoisotopic (exact) mass is 579 g/mol. The first-order valence-corrected chi connectivity index (χ1v) is 14.8. The average molecular weight is 580 g/mol. The van der Waals surface area contributed by atoms with E-state index in [4.69, 9.17) is 0 Å². The number of aromatic nitrogens is 1. The van der Waals surface area contributed by atoms with Crippen LogP contribution in [0.15, 0.2) is 18.2 Å². The number of aryl methyl sites for hydroxylation is 1. The molecule has 1 fully saturated rings. The Labute approximate surface area is 246 Å². The fraction of sp³-hybridized carbons (Fsp3) is 0.500. The molecule has 1 unspecified atom stereocenters. The van der Waals surface area contributed by atoms with Crippen LogP contribution in [0.4, 0.5) is 10.1 Å². The molecular formula is C32H42FN5O4. The van der Waals surface area contributed by atoms with Crippen molar-refractivity contribution in [3.63, 3.8) is 0 Å². The van der Waals surface area contributed by atoms with Crippen LogP contribution in [-0.4, -0.2) is 59.1 Å². The van der Waals surface area contributed by atoms with Crippen molar-refractivity contribution in [3.8, 4) is 0 Å². The number of H-pyrrole nitrogens is 1. The summed E-state index contributed by atoms with van der Waals surface area (Å²) in [6.07, 6.45) is 7.80. The number of piperidine rings is 1. The Hall–Kier alpha value is -3.79. The number of likely N-dealkylation sites (N-methyl/N-ethyl adjacent to an activating group) is 1. The van der Waals surface area contributed by atoms with Gasteiger partial charge in [0.2, 0.25) is 11.8 Å². The van der Waals surface area contributed by atoms with Gasteiger partial charge in [-0.15, -0.1) is 0 Å². The summed E-state index contributed by atoms with van der Waals surface area (Å²) in [6, 6.07) is 3.26. The molecule has 0 bridgehead atoms. The van der Waals surface area contributed by atoms with Gasteiger partial charge in [-0.25, -0.2) is 4.39 Å². The summed E-state index contributed by atoms with van der Waals surface area (Å²) in [5, 5.41) is 8.77. The number of nitrogens with one attached hydrogen (secondary N) is 4. The van der Waals surface area contributed by atoms with Gasteiger partial charge in [0.1, 0.15) is 17.6 Å². The van der Waals surface area contributed by atoms with Gasteiger partial charge in [0.05, 0.1) is 11.6 Å². The molecule has 0 spiro atoms. The third kappa shape index (κ3) is 7.53. The predicted octanol–water partition coefficient (Wildman–Crippen LogP) is 4.39. The molecule has 3 amide bonds. The van der Waals surface area contributed by atoms with E-state index in [2.05, 4.69) is 20.9 Å². The quantitative estimate of drug-likeness (QED) is 0.219. The number of hydrogen-bond donors (Lipinski definition) is 4. The predicted molar refractivity (Wildman–Crippen MR) is 161 cm³/mol. The van der Waals surface area contributed by atoms with Crippen LogP contribution in [-0.2, 0) is 25.7 Å². The molecule has 0 aliphatic carbocycles. The highest BCUT2D eigenvalue weighted by molar-refractivity contribution is 6.34. The van der Waals surface area contributed by atoms with E-state index < -0.39 is 11.9 Å². The number of likely N-dealkylation sites (tertiary alicyclic amines) is 1. The van der Waals surface area contributed by atoms with Crippen molar-refractivity contribution >= 4 is 40.8 Å². The Bertz CT molecular complexity index is 1380. The first kappa shape index (κ1) is 31.2. The highest BCUT2D eigenvalue weighted by Gasteiger charge is 2.30. The summed E-state index contributed by atoms with van der Waals surface area (Å²) >= 11 is 0. The van der Waals surface area contributed by atoms with E-state index in [9.17, 15) is 23.6 Å². The number of anilines is 1. The molecule has 1 aromatic heterocycles. The molecule has 1 saturated heterocycles. The second-order valence-electron chi connectivity index (χ2n) is 11.5. The minimum atomic E-state index is -0.681. The van der Waals surface area contributed by atoms with Crippen molar-refractivity contribution in [2.45, 2.75) is 90.8 Å². The van der Waals surface area contributed by atoms with Crippen molar-refractivity contribution < 1.29 is 23.6 Å². The lowest BCUT2D eigenvalue weighted by atomic mass is 10.0. The highest BCUT2D eigenvalue weighted by Crippen LogP contribution is 2.34. The van der Waals surface area contributed by atoms with Gasteiger partial charge >= 0.3 is 0 Å². The number of carbonyl (C=O) groups is 4. The van der Waals surface area contributed by atoms with Crippen LogP contribution in [0.1, 0.15) is 86.4 Å². The van der Waals surface area contributed by atoms with Gasteiger partial charge < -0.3 is 25.7 Å². The van der Waals surface area contributed by atoms with Crippen molar-refractivity contribution in [3.05, 3.63) is 52.1 Å². The lowest BCUT2D eigenvalue weighted by Crippen LogP contribution is -2.54. The maximum atomic E-state index is 13.9. The number of unbranched alkanes of at least 4 members (excludes halogenated alkanes) is 2. The van der Waals surface area contributed by atoms with Crippen molar-refractivity contribution in [1.29, 1.82) is 0 Å². The molecule has 2 aliphatic heterocycles. The molecule has 1 aromatic carbocycles. The molecule has 9 nitrogen and oxygen atoms in total. The zero-order valence-corrected chi connectivity index (χ0v) is 25.0. The number of nitrogens with zero attached hydrogens (tertiary/aromatic N) is 1. The van der Waals surface area contributed by atoms with Crippen LogP contribution in [0.2, 0.25) is 0 Å². The van der Waals surface area contributed by atoms with Crippen LogP contribution in [0.3, 0.4) is 0 Å². The number of fused-ring (bicyclic) bond motifs is 1. The van der Waals surface area contributed by atoms with E-state index in [1.165, 1.54) is 12.1 Å². The Balaban J connectivity index is 1.45. The standard InChI is InChI=1S/C32H42FN5O4/c1-19(39)10-6-5-7-11-27(37-32(42)29-12-8-9-15-38(29)4)31(41)34-18-25-20(2)28(35-21(25)3)17-24-23-16-22(33)13-14-26(23)36-30(24)40/h13-14,16-17,27,29,35H,5-12,15,18H2,1-4H3,(H,34,41)(H,36,40)(H,37,42)/b24-17-/t27-,29?/m1/s1. The van der Waals surface area contributed by atoms with Crippen molar-refractivity contribution in [2.75, 3.05) is 18.9 Å². The van der Waals surface area contributed by atoms with Crippen molar-refractivity contribution in [1.82, 2.24) is 20.5 Å². The van der Waals surface area contributed by atoms with Gasteiger partial charge in [0, 0.05) is 35.6 Å². The number of halogens is 1. The van der Waals surface area contributed by atoms with E-state index in [-0.39, 0.29) is 36.1 Å². The third-order valence-electron chi connectivity index (χ3n) is 8.35. The first-order valence-electron chi connectivity index (χ1n) is 14.8. The summed E-state index contributed by atoms with van der Waals surface area (Å²) in [5.41, 5.74) is 4.73. The molecule has 0 radical (unpaired) electrons. The lowest BCUT2D eigenvalue weighted by molar-refractivity contribution is -0.132. The van der Waals surface area contributed by atoms with E-state index in [0.29, 0.717) is 35.4 Å². The van der Waals surface area contributed by atoms with Gasteiger partial charge in [-0.2, -0.15) is 0 Å². The van der Waals surface area contributed by atoms with Crippen LogP contribution >= 0.6 is 0 Å². The number of benzene rings is 1. The van der Waals surface area contributed by atoms with Crippen LogP contribution in [0.5, 0.6) is 0 Å². The summed E-state index contributed by atoms with van der Waals surface area (Å²) in [5.74, 6) is -0.962. The zero-order valence-electron chi connectivity index (χ0n) is 25.0. The van der Waals surface area contributed by atoms with Crippen molar-refractivity contribution in [2.24, 2.45) is 0 Å². The number of carbonyl (C=O) groups excluding carboxylic acids is 4. The molecule has 226 valence electrons. The Morgan fingerprint density at radius 1 is 1.17 bits per heavy atom. The summed E-state index contributed by atoms with van der Waals surface area (Å²) in [4.78, 5) is 55.8. The third-order valence-corrected chi connectivity index (χ3v) is 8.35. The molecule has 3 heterocycles. The number of amides is 3. The molecule has 10 heteroatoms. The maximum absolute atomic E-state index is 13.9. The topological polar surface area (TPSA) is 123 Å². The van der Waals surface area contributed by atoms with Gasteiger partial charge in [-0.05, 0) is 95.4 Å². The Morgan fingerprint density at radius 2 is 1.95 bits per heavy atom. The van der Waals surface area contributed by atoms with Gasteiger partial charge in [0.15, 0.2) is 0 Å². The zero-order chi connectivity index (χ0) is 30.4. The summed E-state index contributed by atoms with van der Waals surface area (Å²) in [7, 11) is 1.94. The van der Waals surface area contributed by atoms with E-state index in [1.807, 2.05) is 25.8 Å². The largest absolute Gasteiger partial charge is 0.359 e. The Morgan fingerprint density at radius 3 is 2.69 bits per heavy atom. The summed E-state index contributed by atoms with van der Waals surface area (Å²) in [6.45, 7) is 6.47. The first-order chi connectivity index (χ1) is 20.0.